The van der Waals surface area contributed by atoms with E-state index in [9.17, 15) is 19.5 Å². The van der Waals surface area contributed by atoms with E-state index in [1.165, 1.54) is 6.08 Å². The molecule has 0 fully saturated rings. The van der Waals surface area contributed by atoms with Gasteiger partial charge in [-0.2, -0.15) is 0 Å². The van der Waals surface area contributed by atoms with Crippen molar-refractivity contribution < 1.29 is 24.2 Å². The van der Waals surface area contributed by atoms with Crippen molar-refractivity contribution in [2.24, 2.45) is 11.8 Å². The molecule has 0 radical (unpaired) electrons. The van der Waals surface area contributed by atoms with Crippen LogP contribution in [0.1, 0.15) is 27.2 Å². The molecule has 1 N–H and O–H groups in total. The SMILES string of the molecule is C=C1OC(=O)C(C(=O)[C@H](C)C[C@H](C)C(=O)/C=C/C=C/C=C/C)=C1O. The van der Waals surface area contributed by atoms with Gasteiger partial charge in [0, 0.05) is 11.8 Å². The van der Waals surface area contributed by atoms with E-state index >= 15 is 0 Å². The average Bonchev–Trinajstić information content (AvgIpc) is 2.78. The smallest absolute Gasteiger partial charge is 0.351 e. The van der Waals surface area contributed by atoms with E-state index in [0.29, 0.717) is 0 Å². The maximum atomic E-state index is 12.3. The second kappa shape index (κ2) is 8.82. The molecule has 1 heterocycles. The summed E-state index contributed by atoms with van der Waals surface area (Å²) in [6.07, 6.45) is 10.6. The number of ketones is 2. The number of carbonyl (C=O) groups is 3. The van der Waals surface area contributed by atoms with Gasteiger partial charge >= 0.3 is 5.97 Å². The Bertz CT molecular complexity index is 661. The average molecular weight is 330 g/mol. The highest BCUT2D eigenvalue weighted by molar-refractivity contribution is 6.20. The summed E-state index contributed by atoms with van der Waals surface area (Å²) in [6.45, 7) is 8.56. The number of rotatable bonds is 8. The molecule has 5 heteroatoms. The molecule has 0 unspecified atom stereocenters. The number of aliphatic hydroxyl groups is 1. The van der Waals surface area contributed by atoms with E-state index in [0.717, 1.165) is 0 Å². The minimum Gasteiger partial charge on any atom is -0.504 e. The summed E-state index contributed by atoms with van der Waals surface area (Å²) in [7, 11) is 0. The Morgan fingerprint density at radius 3 is 2.33 bits per heavy atom. The molecule has 128 valence electrons. The topological polar surface area (TPSA) is 80.7 Å². The molecule has 0 spiro atoms. The first kappa shape index (κ1) is 19.4. The molecule has 0 aromatic heterocycles. The van der Waals surface area contributed by atoms with Gasteiger partial charge in [0.25, 0.3) is 0 Å². The molecular formula is C19H22O5. The van der Waals surface area contributed by atoms with Gasteiger partial charge in [0.05, 0.1) is 0 Å². The minimum absolute atomic E-state index is 0.114. The van der Waals surface area contributed by atoms with E-state index in [2.05, 4.69) is 11.3 Å². The van der Waals surface area contributed by atoms with Crippen LogP contribution in [0.15, 0.2) is 60.1 Å². The summed E-state index contributed by atoms with van der Waals surface area (Å²) in [5.74, 6) is -3.31. The van der Waals surface area contributed by atoms with Crippen LogP contribution in [0.4, 0.5) is 0 Å². The van der Waals surface area contributed by atoms with Crippen molar-refractivity contribution in [1.82, 2.24) is 0 Å². The monoisotopic (exact) mass is 330 g/mol. The molecule has 2 atom stereocenters. The van der Waals surface area contributed by atoms with Crippen LogP contribution in [0, 0.1) is 11.8 Å². The molecule has 0 bridgehead atoms. The van der Waals surface area contributed by atoms with Gasteiger partial charge in [0.1, 0.15) is 5.57 Å². The van der Waals surface area contributed by atoms with Crippen molar-refractivity contribution in [3.8, 4) is 0 Å². The number of allylic oxidation sites excluding steroid dienone is 6. The van der Waals surface area contributed by atoms with E-state index < -0.39 is 34.9 Å². The predicted molar refractivity (Wildman–Crippen MR) is 90.9 cm³/mol. The molecule has 24 heavy (non-hydrogen) atoms. The van der Waals surface area contributed by atoms with Gasteiger partial charge in [-0.1, -0.05) is 50.8 Å². The molecule has 1 aliphatic rings. The van der Waals surface area contributed by atoms with Crippen LogP contribution >= 0.6 is 0 Å². The normalized spacial score (nSPS) is 18.0. The Balaban J connectivity index is 2.68. The fourth-order valence-electron chi connectivity index (χ4n) is 2.22. The van der Waals surface area contributed by atoms with E-state index in [1.54, 1.807) is 32.1 Å². The number of ether oxygens (including phenoxy) is 1. The molecule has 0 amide bonds. The van der Waals surface area contributed by atoms with Gasteiger partial charge in [-0.15, -0.1) is 0 Å². The Labute approximate surface area is 141 Å². The second-order valence-corrected chi connectivity index (χ2v) is 5.61. The molecule has 0 aromatic rings. The maximum Gasteiger partial charge on any atom is 0.351 e. The van der Waals surface area contributed by atoms with Gasteiger partial charge < -0.3 is 9.84 Å². The zero-order valence-electron chi connectivity index (χ0n) is 14.1. The van der Waals surface area contributed by atoms with Crippen LogP contribution < -0.4 is 0 Å². The summed E-state index contributed by atoms with van der Waals surface area (Å²) >= 11 is 0. The van der Waals surface area contributed by atoms with Crippen LogP contribution in [0.5, 0.6) is 0 Å². The van der Waals surface area contributed by atoms with Crippen LogP contribution in [0.25, 0.3) is 0 Å². The first-order valence-corrected chi connectivity index (χ1v) is 7.68. The molecule has 0 aromatic carbocycles. The lowest BCUT2D eigenvalue weighted by Gasteiger charge is -2.13. The molecular weight excluding hydrogens is 308 g/mol. The van der Waals surface area contributed by atoms with Gasteiger partial charge in [0.15, 0.2) is 23.1 Å². The van der Waals surface area contributed by atoms with E-state index in [1.807, 2.05) is 19.1 Å². The number of carbonyl (C=O) groups excluding carboxylic acids is 3. The third-order valence-electron chi connectivity index (χ3n) is 3.59. The molecule has 1 aliphatic heterocycles. The summed E-state index contributed by atoms with van der Waals surface area (Å²) in [6, 6.07) is 0. The summed E-state index contributed by atoms with van der Waals surface area (Å²) in [5, 5.41) is 9.70. The number of esters is 1. The largest absolute Gasteiger partial charge is 0.504 e. The lowest BCUT2D eigenvalue weighted by Crippen LogP contribution is -2.22. The Hall–Kier alpha value is -2.69. The fraction of sp³-hybridized carbons (Fsp3) is 0.316. The van der Waals surface area contributed by atoms with Crippen molar-refractivity contribution in [2.45, 2.75) is 27.2 Å². The highest BCUT2D eigenvalue weighted by Gasteiger charge is 2.36. The van der Waals surface area contributed by atoms with Crippen molar-refractivity contribution in [3.05, 3.63) is 60.1 Å². The Morgan fingerprint density at radius 1 is 1.17 bits per heavy atom. The summed E-state index contributed by atoms with van der Waals surface area (Å²) < 4.78 is 4.63. The highest BCUT2D eigenvalue weighted by atomic mass is 16.6. The molecule has 5 nitrogen and oxygen atoms in total. The number of hydrogen-bond donors (Lipinski definition) is 1. The summed E-state index contributed by atoms with van der Waals surface area (Å²) in [4.78, 5) is 35.9. The zero-order chi connectivity index (χ0) is 18.3. The van der Waals surface area contributed by atoms with Gasteiger partial charge in [-0.3, -0.25) is 9.59 Å². The third kappa shape index (κ3) is 4.91. The fourth-order valence-corrected chi connectivity index (χ4v) is 2.22. The van der Waals surface area contributed by atoms with E-state index in [4.69, 9.17) is 0 Å². The quantitative estimate of drug-likeness (QED) is 0.319. The van der Waals surface area contributed by atoms with Crippen LogP contribution in [0.3, 0.4) is 0 Å². The van der Waals surface area contributed by atoms with Gasteiger partial charge in [-0.05, 0) is 19.4 Å². The lowest BCUT2D eigenvalue weighted by molar-refractivity contribution is -0.135. The van der Waals surface area contributed by atoms with Crippen molar-refractivity contribution in [3.63, 3.8) is 0 Å². The van der Waals surface area contributed by atoms with E-state index in [-0.39, 0.29) is 18.0 Å². The zero-order valence-corrected chi connectivity index (χ0v) is 14.1. The Morgan fingerprint density at radius 2 is 1.79 bits per heavy atom. The van der Waals surface area contributed by atoms with Crippen LogP contribution in [0.2, 0.25) is 0 Å². The van der Waals surface area contributed by atoms with Gasteiger partial charge in [-0.25, -0.2) is 4.79 Å². The maximum absolute atomic E-state index is 12.3. The predicted octanol–water partition coefficient (Wildman–Crippen LogP) is 3.36. The molecule has 0 saturated heterocycles. The first-order valence-electron chi connectivity index (χ1n) is 7.68. The van der Waals surface area contributed by atoms with Crippen LogP contribution in [-0.4, -0.2) is 22.6 Å². The van der Waals surface area contributed by atoms with Crippen LogP contribution in [-0.2, 0) is 19.1 Å². The number of Topliss-reactive ketones (excluding diaryl/α,β-unsaturated/α-hetero) is 1. The number of hydrogen-bond acceptors (Lipinski definition) is 5. The highest BCUT2D eigenvalue weighted by Crippen LogP contribution is 2.27. The van der Waals surface area contributed by atoms with Crippen molar-refractivity contribution in [2.75, 3.05) is 0 Å². The standard InChI is InChI=1S/C19H22O5/c1-5-6-7-8-9-10-15(20)12(2)11-13(3)17(21)16-18(22)14(4)24-19(16)23/h5-10,12-13,22H,4,11H2,1-3H3/b6-5+,8-7+,10-9+/t12-,13+/m0/s1. The summed E-state index contributed by atoms with van der Waals surface area (Å²) in [5.41, 5.74) is -0.392. The molecule has 1 rings (SSSR count). The van der Waals surface area contributed by atoms with Crippen molar-refractivity contribution >= 4 is 17.5 Å². The molecule has 0 aliphatic carbocycles. The number of aliphatic hydroxyl groups excluding tert-OH is 1. The Kier molecular flexibility index (Phi) is 7.11. The van der Waals surface area contributed by atoms with Gasteiger partial charge in [0.2, 0.25) is 0 Å². The lowest BCUT2D eigenvalue weighted by atomic mass is 9.88. The van der Waals surface area contributed by atoms with Crippen molar-refractivity contribution in [1.29, 1.82) is 0 Å². The number of cyclic esters (lactones) is 1. The minimum atomic E-state index is -0.901. The third-order valence-corrected chi connectivity index (χ3v) is 3.59. The molecule has 0 saturated carbocycles. The first-order chi connectivity index (χ1) is 11.3. The second-order valence-electron chi connectivity index (χ2n) is 5.61.